The van der Waals surface area contributed by atoms with Crippen LogP contribution in [0.3, 0.4) is 0 Å². The summed E-state index contributed by atoms with van der Waals surface area (Å²) in [7, 11) is -4.42. The van der Waals surface area contributed by atoms with Gasteiger partial charge in [0.2, 0.25) is 5.91 Å². The third-order valence-corrected chi connectivity index (χ3v) is 12.2. The Morgan fingerprint density at radius 1 is 0.508 bits per heavy atom. The van der Waals surface area contributed by atoms with Crippen molar-refractivity contribution in [2.45, 2.75) is 264 Å². The first-order chi connectivity index (χ1) is 28.8. The molecule has 9 nitrogen and oxygen atoms in total. The lowest BCUT2D eigenvalue weighted by atomic mass is 10.0. The number of allylic oxidation sites excluding steroid dienone is 2. The number of unbranched alkanes of at least 4 members (excludes halogenated alkanes) is 33. The Labute approximate surface area is 364 Å². The van der Waals surface area contributed by atoms with Gasteiger partial charge in [-0.15, -0.1) is 0 Å². The predicted octanol–water partition coefficient (Wildman–Crippen LogP) is 14.6. The molecule has 0 rings (SSSR count). The van der Waals surface area contributed by atoms with Crippen LogP contribution in [-0.4, -0.2) is 54.3 Å². The second-order valence-corrected chi connectivity index (χ2v) is 18.6. The number of aliphatic hydroxyl groups is 1. The quantitative estimate of drug-likeness (QED) is 0.0239. The average Bonchev–Trinajstić information content (AvgIpc) is 3.22. The maximum Gasteiger partial charge on any atom is 0.472 e. The molecular weight excluding hydrogens is 762 g/mol. The van der Waals surface area contributed by atoms with E-state index in [9.17, 15) is 24.2 Å². The minimum Gasteiger partial charge on any atom is -0.463 e. The molecule has 3 N–H and O–H groups in total. The molecule has 0 heterocycles. The van der Waals surface area contributed by atoms with Crippen LogP contribution >= 0.6 is 7.82 Å². The highest BCUT2D eigenvalue weighted by Gasteiger charge is 2.23. The number of phosphoric ester groups is 1. The topological polar surface area (TPSA) is 131 Å². The van der Waals surface area contributed by atoms with E-state index in [4.69, 9.17) is 13.8 Å². The third kappa shape index (κ3) is 47.6. The van der Waals surface area contributed by atoms with E-state index >= 15 is 0 Å². The van der Waals surface area contributed by atoms with Gasteiger partial charge in [-0.25, -0.2) is 4.57 Å². The number of rotatable bonds is 48. The van der Waals surface area contributed by atoms with Crippen LogP contribution in [0.4, 0.5) is 0 Å². The van der Waals surface area contributed by atoms with Gasteiger partial charge in [0.05, 0.1) is 13.2 Å². The van der Waals surface area contributed by atoms with Crippen molar-refractivity contribution in [3.63, 3.8) is 0 Å². The number of phosphoric acid groups is 1. The molecule has 0 aromatic heterocycles. The Hall–Kier alpha value is -1.25. The van der Waals surface area contributed by atoms with Gasteiger partial charge in [-0.3, -0.25) is 18.6 Å². The molecule has 0 aromatic carbocycles. The van der Waals surface area contributed by atoms with E-state index < -0.39 is 26.5 Å². The molecule has 0 aliphatic heterocycles. The summed E-state index contributed by atoms with van der Waals surface area (Å²) in [5.74, 6) is -0.512. The van der Waals surface area contributed by atoms with Gasteiger partial charge in [-0.05, 0) is 38.5 Å². The van der Waals surface area contributed by atoms with Gasteiger partial charge in [0.25, 0.3) is 0 Å². The molecule has 350 valence electrons. The molecule has 0 saturated carbocycles. The molecule has 0 aliphatic carbocycles. The molecule has 0 fully saturated rings. The first-order valence-electron chi connectivity index (χ1n) is 25.2. The number of ether oxygens (including phenoxy) is 1. The Bertz CT molecular complexity index is 980. The van der Waals surface area contributed by atoms with E-state index in [1.807, 2.05) is 0 Å². The number of hydrogen-bond acceptors (Lipinski definition) is 7. The number of hydrogen-bond donors (Lipinski definition) is 3. The molecule has 0 bridgehead atoms. The maximum atomic E-state index is 12.1. The van der Waals surface area contributed by atoms with E-state index in [1.54, 1.807) is 0 Å². The molecule has 0 spiro atoms. The van der Waals surface area contributed by atoms with Gasteiger partial charge in [0.15, 0.2) is 0 Å². The number of esters is 1. The monoisotopic (exact) mass is 858 g/mol. The summed E-state index contributed by atoms with van der Waals surface area (Å²) in [6.07, 6.45) is 50.1. The summed E-state index contributed by atoms with van der Waals surface area (Å²) in [6, 6.07) is 0. The van der Waals surface area contributed by atoms with Crippen LogP contribution in [0.1, 0.15) is 258 Å². The van der Waals surface area contributed by atoms with E-state index in [0.29, 0.717) is 6.42 Å². The zero-order valence-electron chi connectivity index (χ0n) is 38.7. The number of carbonyl (C=O) groups is 2. The highest BCUT2D eigenvalue weighted by atomic mass is 31.2. The molecule has 2 unspecified atom stereocenters. The Morgan fingerprint density at radius 3 is 1.27 bits per heavy atom. The number of amides is 1. The number of aliphatic hydroxyl groups excluding tert-OH is 1. The number of carbonyl (C=O) groups excluding carboxylic acids is 2. The van der Waals surface area contributed by atoms with E-state index in [1.165, 1.54) is 186 Å². The van der Waals surface area contributed by atoms with Crippen molar-refractivity contribution in [2.24, 2.45) is 0 Å². The maximum absolute atomic E-state index is 12.1. The summed E-state index contributed by atoms with van der Waals surface area (Å²) in [5, 5.41) is 12.7. The summed E-state index contributed by atoms with van der Waals surface area (Å²) in [4.78, 5) is 34.0. The fraction of sp³-hybridized carbons (Fsp3) is 0.918. The lowest BCUT2D eigenvalue weighted by molar-refractivity contribution is -0.147. The van der Waals surface area contributed by atoms with E-state index in [0.717, 1.165) is 44.9 Å². The summed E-state index contributed by atoms with van der Waals surface area (Å²) in [6.45, 7) is 3.59. The second-order valence-electron chi connectivity index (χ2n) is 17.1. The van der Waals surface area contributed by atoms with Crippen molar-refractivity contribution in [2.75, 3.05) is 26.4 Å². The minimum absolute atomic E-state index is 0.0810. The van der Waals surface area contributed by atoms with Crippen molar-refractivity contribution in [3.05, 3.63) is 12.2 Å². The van der Waals surface area contributed by atoms with Crippen molar-refractivity contribution >= 4 is 19.7 Å². The van der Waals surface area contributed by atoms with Gasteiger partial charge in [0.1, 0.15) is 12.7 Å². The Balaban J connectivity index is 3.52. The highest BCUT2D eigenvalue weighted by Crippen LogP contribution is 2.42. The first kappa shape index (κ1) is 57.8. The van der Waals surface area contributed by atoms with Crippen LogP contribution in [0.2, 0.25) is 0 Å². The lowest BCUT2D eigenvalue weighted by Crippen LogP contribution is -2.27. The summed E-state index contributed by atoms with van der Waals surface area (Å²) in [5.41, 5.74) is 0. The highest BCUT2D eigenvalue weighted by molar-refractivity contribution is 7.47. The minimum atomic E-state index is -4.42. The fourth-order valence-electron chi connectivity index (χ4n) is 7.38. The van der Waals surface area contributed by atoms with Crippen molar-refractivity contribution in [1.82, 2.24) is 5.32 Å². The van der Waals surface area contributed by atoms with Gasteiger partial charge in [0, 0.05) is 19.4 Å². The van der Waals surface area contributed by atoms with E-state index in [2.05, 4.69) is 31.3 Å². The van der Waals surface area contributed by atoms with Crippen molar-refractivity contribution in [1.29, 1.82) is 0 Å². The normalized spacial score (nSPS) is 13.2. The SMILES string of the molecule is CCCCCCCCC/C=C\CCCCCCCC(=O)NCCOP(=O)(O)OCC(O)COC(=O)CCCCCCCCCCCCCCCCCCCCCCCC. The standard InChI is InChI=1S/C49H96NO8P/c1-3-5-7-9-11-13-15-17-19-21-22-23-24-25-26-28-30-32-34-36-38-40-42-49(53)56-45-47(51)46-58-59(54,55)57-44-43-50-48(52)41-39-37-35-33-31-29-27-20-18-16-14-12-10-8-6-4-2/h20,27,47,51H,3-19,21-26,28-46H2,1-2H3,(H,50,52)(H,54,55)/b27-20-. The smallest absolute Gasteiger partial charge is 0.463 e. The van der Waals surface area contributed by atoms with Crippen LogP contribution in [0.25, 0.3) is 0 Å². The van der Waals surface area contributed by atoms with Crippen LogP contribution in [0.5, 0.6) is 0 Å². The Kier molecular flexibility index (Phi) is 45.3. The van der Waals surface area contributed by atoms with Crippen molar-refractivity contribution < 1.29 is 37.9 Å². The van der Waals surface area contributed by atoms with E-state index in [-0.39, 0.29) is 32.1 Å². The van der Waals surface area contributed by atoms with Crippen LogP contribution in [0, 0.1) is 0 Å². The summed E-state index contributed by atoms with van der Waals surface area (Å²) >= 11 is 0. The predicted molar refractivity (Wildman–Crippen MR) is 248 cm³/mol. The largest absolute Gasteiger partial charge is 0.472 e. The van der Waals surface area contributed by atoms with Crippen molar-refractivity contribution in [3.8, 4) is 0 Å². The van der Waals surface area contributed by atoms with Crippen LogP contribution < -0.4 is 5.32 Å². The summed E-state index contributed by atoms with van der Waals surface area (Å²) < 4.78 is 27.0. The van der Waals surface area contributed by atoms with Crippen LogP contribution in [-0.2, 0) is 27.9 Å². The number of nitrogens with one attached hydrogen (secondary N) is 1. The van der Waals surface area contributed by atoms with Gasteiger partial charge in [-0.1, -0.05) is 219 Å². The molecular formula is C49H96NO8P. The van der Waals surface area contributed by atoms with Gasteiger partial charge >= 0.3 is 13.8 Å². The zero-order valence-corrected chi connectivity index (χ0v) is 39.6. The molecule has 10 heteroatoms. The Morgan fingerprint density at radius 2 is 0.864 bits per heavy atom. The van der Waals surface area contributed by atoms with Crippen LogP contribution in [0.15, 0.2) is 12.2 Å². The fourth-order valence-corrected chi connectivity index (χ4v) is 8.13. The molecule has 2 atom stereocenters. The average molecular weight is 858 g/mol. The molecule has 0 radical (unpaired) electrons. The third-order valence-electron chi connectivity index (χ3n) is 11.2. The van der Waals surface area contributed by atoms with Gasteiger partial charge in [-0.2, -0.15) is 0 Å². The zero-order chi connectivity index (χ0) is 43.2. The van der Waals surface area contributed by atoms with Gasteiger partial charge < -0.3 is 20.1 Å². The second kappa shape index (κ2) is 46.3. The molecule has 0 aromatic rings. The first-order valence-corrected chi connectivity index (χ1v) is 26.7. The molecule has 0 saturated heterocycles. The molecule has 1 amide bonds. The lowest BCUT2D eigenvalue weighted by Gasteiger charge is -2.15. The molecule has 0 aliphatic rings. The molecule has 59 heavy (non-hydrogen) atoms.